The average molecular weight is 246 g/mol. The summed E-state index contributed by atoms with van der Waals surface area (Å²) < 4.78 is 0. The molecule has 2 nitrogen and oxygen atoms in total. The summed E-state index contributed by atoms with van der Waals surface area (Å²) in [6.45, 7) is 9.15. The van der Waals surface area contributed by atoms with E-state index in [0.29, 0.717) is 17.4 Å². The molecule has 0 saturated heterocycles. The van der Waals surface area contributed by atoms with Crippen LogP contribution in [0.3, 0.4) is 0 Å². The van der Waals surface area contributed by atoms with Crippen molar-refractivity contribution in [1.82, 2.24) is 4.98 Å². The molecule has 1 fully saturated rings. The fourth-order valence-corrected chi connectivity index (χ4v) is 3.14. The van der Waals surface area contributed by atoms with Crippen molar-refractivity contribution in [2.45, 2.75) is 58.9 Å². The molecule has 1 aliphatic carbocycles. The molecule has 18 heavy (non-hydrogen) atoms. The highest BCUT2D eigenvalue weighted by Crippen LogP contribution is 2.43. The normalized spacial score (nSPS) is 29.3. The Morgan fingerprint density at radius 1 is 1.22 bits per heavy atom. The van der Waals surface area contributed by atoms with E-state index in [1.165, 1.54) is 24.0 Å². The number of nitrogens with two attached hydrogens (primary N) is 1. The van der Waals surface area contributed by atoms with Gasteiger partial charge in [-0.25, -0.2) is 0 Å². The van der Waals surface area contributed by atoms with E-state index in [1.807, 2.05) is 12.4 Å². The van der Waals surface area contributed by atoms with E-state index >= 15 is 0 Å². The minimum atomic E-state index is 0.298. The van der Waals surface area contributed by atoms with Crippen LogP contribution in [0.25, 0.3) is 0 Å². The monoisotopic (exact) mass is 246 g/mol. The third kappa shape index (κ3) is 2.92. The molecule has 2 rings (SSSR count). The van der Waals surface area contributed by atoms with Gasteiger partial charge in [-0.1, -0.05) is 26.8 Å². The van der Waals surface area contributed by atoms with Gasteiger partial charge in [0.15, 0.2) is 0 Å². The third-order valence-electron chi connectivity index (χ3n) is 4.45. The molecule has 0 aromatic carbocycles. The quantitative estimate of drug-likeness (QED) is 0.821. The number of hydrogen-bond acceptors (Lipinski definition) is 2. The van der Waals surface area contributed by atoms with Gasteiger partial charge in [0.2, 0.25) is 0 Å². The number of aryl methyl sites for hydroxylation is 1. The van der Waals surface area contributed by atoms with Crippen molar-refractivity contribution in [3.63, 3.8) is 0 Å². The lowest BCUT2D eigenvalue weighted by molar-refractivity contribution is 0.154. The summed E-state index contributed by atoms with van der Waals surface area (Å²) in [5, 5.41) is 0. The number of pyridine rings is 1. The average Bonchev–Trinajstić information content (AvgIpc) is 2.28. The summed E-state index contributed by atoms with van der Waals surface area (Å²) in [5.41, 5.74) is 9.29. The lowest BCUT2D eigenvalue weighted by Crippen LogP contribution is -2.38. The van der Waals surface area contributed by atoms with Crippen molar-refractivity contribution in [2.75, 3.05) is 0 Å². The van der Waals surface area contributed by atoms with E-state index in [2.05, 4.69) is 38.7 Å². The maximum absolute atomic E-state index is 6.34. The van der Waals surface area contributed by atoms with Crippen molar-refractivity contribution in [1.29, 1.82) is 0 Å². The van der Waals surface area contributed by atoms with E-state index in [9.17, 15) is 0 Å². The standard InChI is InChI=1S/C16H26N2/c1-11-7-12(10-18-9-11)14-8-13(16(2,3)4)5-6-15(14)17/h7,9-10,13-15H,5-6,8,17H2,1-4H3. The van der Waals surface area contributed by atoms with Crippen LogP contribution in [-0.4, -0.2) is 11.0 Å². The maximum Gasteiger partial charge on any atom is 0.0303 e. The first-order valence-electron chi connectivity index (χ1n) is 7.05. The van der Waals surface area contributed by atoms with Gasteiger partial charge in [0.25, 0.3) is 0 Å². The van der Waals surface area contributed by atoms with Crippen LogP contribution in [0, 0.1) is 18.3 Å². The second-order valence-corrected chi connectivity index (χ2v) is 6.94. The molecular formula is C16H26N2. The molecule has 0 spiro atoms. The number of rotatable bonds is 1. The van der Waals surface area contributed by atoms with E-state index in [0.717, 1.165) is 12.3 Å². The predicted molar refractivity (Wildman–Crippen MR) is 76.5 cm³/mol. The van der Waals surface area contributed by atoms with Crippen LogP contribution in [0.4, 0.5) is 0 Å². The molecule has 2 heteroatoms. The van der Waals surface area contributed by atoms with Gasteiger partial charge < -0.3 is 5.73 Å². The minimum absolute atomic E-state index is 0.298. The van der Waals surface area contributed by atoms with E-state index in [1.54, 1.807) is 0 Å². The zero-order valence-corrected chi connectivity index (χ0v) is 12.1. The summed E-state index contributed by atoms with van der Waals surface area (Å²) >= 11 is 0. The van der Waals surface area contributed by atoms with Crippen LogP contribution >= 0.6 is 0 Å². The van der Waals surface area contributed by atoms with Crippen molar-refractivity contribution >= 4 is 0 Å². The summed E-state index contributed by atoms with van der Waals surface area (Å²) in [7, 11) is 0. The van der Waals surface area contributed by atoms with Gasteiger partial charge in [0, 0.05) is 24.4 Å². The van der Waals surface area contributed by atoms with Crippen LogP contribution in [0.1, 0.15) is 57.1 Å². The Kier molecular flexibility index (Phi) is 3.76. The van der Waals surface area contributed by atoms with Crippen LogP contribution < -0.4 is 5.73 Å². The van der Waals surface area contributed by atoms with Gasteiger partial charge in [-0.3, -0.25) is 4.98 Å². The van der Waals surface area contributed by atoms with Gasteiger partial charge in [-0.05, 0) is 48.6 Å². The Morgan fingerprint density at radius 2 is 1.94 bits per heavy atom. The molecule has 2 N–H and O–H groups in total. The van der Waals surface area contributed by atoms with Crippen LogP contribution in [0.15, 0.2) is 18.5 Å². The Bertz CT molecular complexity index is 406. The van der Waals surface area contributed by atoms with Crippen LogP contribution in [0.5, 0.6) is 0 Å². The van der Waals surface area contributed by atoms with E-state index in [4.69, 9.17) is 5.73 Å². The van der Waals surface area contributed by atoms with Crippen molar-refractivity contribution < 1.29 is 0 Å². The molecule has 100 valence electrons. The Labute approximate surface area is 111 Å². The highest BCUT2D eigenvalue weighted by molar-refractivity contribution is 5.23. The predicted octanol–water partition coefficient (Wildman–Crippen LogP) is 3.65. The zero-order chi connectivity index (χ0) is 13.3. The summed E-state index contributed by atoms with van der Waals surface area (Å²) in [6, 6.07) is 2.55. The SMILES string of the molecule is Cc1cncc(C2CC(C(C)(C)C)CCC2N)c1. The largest absolute Gasteiger partial charge is 0.327 e. The van der Waals surface area contributed by atoms with Crippen molar-refractivity contribution in [2.24, 2.45) is 17.1 Å². The lowest BCUT2D eigenvalue weighted by Gasteiger charge is -2.40. The summed E-state index contributed by atoms with van der Waals surface area (Å²) in [5.74, 6) is 1.25. The highest BCUT2D eigenvalue weighted by Gasteiger charge is 2.35. The molecule has 3 unspecified atom stereocenters. The first-order chi connectivity index (χ1) is 8.38. The fourth-order valence-electron chi connectivity index (χ4n) is 3.14. The minimum Gasteiger partial charge on any atom is -0.327 e. The molecule has 0 amide bonds. The first kappa shape index (κ1) is 13.5. The van der Waals surface area contributed by atoms with Gasteiger partial charge in [-0.15, -0.1) is 0 Å². The topological polar surface area (TPSA) is 38.9 Å². The molecule has 1 aliphatic rings. The van der Waals surface area contributed by atoms with Gasteiger partial charge in [-0.2, -0.15) is 0 Å². The molecule has 1 saturated carbocycles. The molecule has 1 aromatic heterocycles. The molecular weight excluding hydrogens is 220 g/mol. The number of nitrogens with zero attached hydrogens (tertiary/aromatic N) is 1. The zero-order valence-electron chi connectivity index (χ0n) is 12.1. The van der Waals surface area contributed by atoms with Crippen LogP contribution in [-0.2, 0) is 0 Å². The molecule has 0 radical (unpaired) electrons. The van der Waals surface area contributed by atoms with E-state index < -0.39 is 0 Å². The summed E-state index contributed by atoms with van der Waals surface area (Å²) in [6.07, 6.45) is 7.53. The van der Waals surface area contributed by atoms with Crippen molar-refractivity contribution in [3.05, 3.63) is 29.6 Å². The molecule has 1 aromatic rings. The second-order valence-electron chi connectivity index (χ2n) is 6.94. The maximum atomic E-state index is 6.34. The first-order valence-corrected chi connectivity index (χ1v) is 7.05. The Hall–Kier alpha value is -0.890. The van der Waals surface area contributed by atoms with Crippen LogP contribution in [0.2, 0.25) is 0 Å². The molecule has 1 heterocycles. The van der Waals surface area contributed by atoms with Gasteiger partial charge in [0.05, 0.1) is 0 Å². The molecule has 3 atom stereocenters. The smallest absolute Gasteiger partial charge is 0.0303 e. The lowest BCUT2D eigenvalue weighted by atomic mass is 9.66. The molecule has 0 aliphatic heterocycles. The summed E-state index contributed by atoms with van der Waals surface area (Å²) in [4.78, 5) is 4.33. The fraction of sp³-hybridized carbons (Fsp3) is 0.688. The number of aromatic nitrogens is 1. The van der Waals surface area contributed by atoms with Crippen molar-refractivity contribution in [3.8, 4) is 0 Å². The third-order valence-corrected chi connectivity index (χ3v) is 4.45. The van der Waals surface area contributed by atoms with E-state index in [-0.39, 0.29) is 0 Å². The Morgan fingerprint density at radius 3 is 2.56 bits per heavy atom. The molecule has 0 bridgehead atoms. The highest BCUT2D eigenvalue weighted by atomic mass is 14.7. The van der Waals surface area contributed by atoms with Gasteiger partial charge >= 0.3 is 0 Å². The number of hydrogen-bond donors (Lipinski definition) is 1. The van der Waals surface area contributed by atoms with Gasteiger partial charge in [0.1, 0.15) is 0 Å². The Balaban J connectivity index is 2.20. The second kappa shape index (κ2) is 5.00.